The molecule has 0 radical (unpaired) electrons. The molecule has 1 aliphatic rings. The molecule has 0 spiro atoms. The van der Waals surface area contributed by atoms with E-state index in [1.165, 1.54) is 12.8 Å². The maximum absolute atomic E-state index is 12.4. The molecule has 1 aliphatic heterocycles. The highest BCUT2D eigenvalue weighted by Crippen LogP contribution is 2.15. The van der Waals surface area contributed by atoms with Crippen molar-refractivity contribution >= 4 is 5.91 Å². The van der Waals surface area contributed by atoms with E-state index in [9.17, 15) is 4.79 Å². The molecule has 2 aromatic heterocycles. The molecule has 118 valence electrons. The van der Waals surface area contributed by atoms with Crippen LogP contribution in [-0.2, 0) is 24.3 Å². The SMILES string of the molecule is CC[C@@H](C(=O)NCc1nnc2n1CCCCC2)n1cccn1. The largest absolute Gasteiger partial charge is 0.347 e. The maximum atomic E-state index is 12.4. The fraction of sp³-hybridized carbons (Fsp3) is 0.600. The first-order valence-electron chi connectivity index (χ1n) is 7.97. The third kappa shape index (κ3) is 3.03. The number of nitrogens with one attached hydrogen (secondary N) is 1. The molecule has 1 amide bonds. The van der Waals surface area contributed by atoms with Crippen LogP contribution < -0.4 is 5.32 Å². The van der Waals surface area contributed by atoms with Crippen molar-refractivity contribution in [3.8, 4) is 0 Å². The predicted octanol–water partition coefficient (Wildman–Crippen LogP) is 1.47. The Morgan fingerprint density at radius 2 is 2.27 bits per heavy atom. The zero-order chi connectivity index (χ0) is 15.4. The van der Waals surface area contributed by atoms with Gasteiger partial charge in [0.2, 0.25) is 5.91 Å². The topological polar surface area (TPSA) is 77.6 Å². The van der Waals surface area contributed by atoms with Crippen LogP contribution in [0.15, 0.2) is 18.5 Å². The second-order valence-corrected chi connectivity index (χ2v) is 5.62. The summed E-state index contributed by atoms with van der Waals surface area (Å²) in [5.74, 6) is 1.86. The first-order chi connectivity index (χ1) is 10.8. The minimum Gasteiger partial charge on any atom is -0.347 e. The van der Waals surface area contributed by atoms with Gasteiger partial charge in [-0.25, -0.2) is 0 Å². The summed E-state index contributed by atoms with van der Waals surface area (Å²) in [6.07, 6.45) is 8.73. The van der Waals surface area contributed by atoms with E-state index >= 15 is 0 Å². The van der Waals surface area contributed by atoms with Crippen LogP contribution in [0, 0.1) is 0 Å². The number of amides is 1. The third-order valence-electron chi connectivity index (χ3n) is 4.14. The minimum absolute atomic E-state index is 0.0304. The molecule has 0 bridgehead atoms. The van der Waals surface area contributed by atoms with Crippen molar-refractivity contribution in [2.75, 3.05) is 0 Å². The molecule has 2 aromatic rings. The van der Waals surface area contributed by atoms with Gasteiger partial charge in [-0.1, -0.05) is 13.3 Å². The lowest BCUT2D eigenvalue weighted by molar-refractivity contribution is -0.124. The summed E-state index contributed by atoms with van der Waals surface area (Å²) in [5.41, 5.74) is 0. The van der Waals surface area contributed by atoms with Crippen molar-refractivity contribution < 1.29 is 4.79 Å². The second kappa shape index (κ2) is 6.72. The molecule has 0 aromatic carbocycles. The van der Waals surface area contributed by atoms with Gasteiger partial charge >= 0.3 is 0 Å². The highest BCUT2D eigenvalue weighted by molar-refractivity contribution is 5.79. The number of rotatable bonds is 5. The van der Waals surface area contributed by atoms with E-state index in [-0.39, 0.29) is 11.9 Å². The highest BCUT2D eigenvalue weighted by atomic mass is 16.2. The van der Waals surface area contributed by atoms with Crippen LogP contribution in [-0.4, -0.2) is 30.5 Å². The molecule has 1 N–H and O–H groups in total. The van der Waals surface area contributed by atoms with Gasteiger partial charge < -0.3 is 9.88 Å². The van der Waals surface area contributed by atoms with E-state index in [1.54, 1.807) is 10.9 Å². The lowest BCUT2D eigenvalue weighted by Gasteiger charge is -2.15. The van der Waals surface area contributed by atoms with E-state index in [1.807, 2.05) is 19.2 Å². The average Bonchev–Trinajstić information content (AvgIpc) is 3.11. The van der Waals surface area contributed by atoms with Crippen molar-refractivity contribution in [2.24, 2.45) is 0 Å². The van der Waals surface area contributed by atoms with Crippen LogP contribution in [0.4, 0.5) is 0 Å². The number of aromatic nitrogens is 5. The van der Waals surface area contributed by atoms with Gasteiger partial charge in [0.05, 0.1) is 6.54 Å². The van der Waals surface area contributed by atoms with Crippen molar-refractivity contribution in [2.45, 2.75) is 58.2 Å². The van der Waals surface area contributed by atoms with Gasteiger partial charge in [-0.15, -0.1) is 10.2 Å². The number of hydrogen-bond donors (Lipinski definition) is 1. The molecule has 7 heteroatoms. The number of aryl methyl sites for hydroxylation is 1. The molecule has 0 fully saturated rings. The molecule has 22 heavy (non-hydrogen) atoms. The van der Waals surface area contributed by atoms with E-state index in [0.717, 1.165) is 31.0 Å². The smallest absolute Gasteiger partial charge is 0.245 e. The van der Waals surface area contributed by atoms with E-state index in [4.69, 9.17) is 0 Å². The monoisotopic (exact) mass is 302 g/mol. The fourth-order valence-electron chi connectivity index (χ4n) is 2.92. The normalized spacial score (nSPS) is 15.9. The summed E-state index contributed by atoms with van der Waals surface area (Å²) < 4.78 is 3.85. The number of nitrogens with zero attached hydrogens (tertiary/aromatic N) is 5. The summed E-state index contributed by atoms with van der Waals surface area (Å²) in [7, 11) is 0. The van der Waals surface area contributed by atoms with Crippen LogP contribution in [0.5, 0.6) is 0 Å². The molecule has 3 rings (SSSR count). The molecule has 7 nitrogen and oxygen atoms in total. The Bertz CT molecular complexity index is 618. The zero-order valence-electron chi connectivity index (χ0n) is 12.9. The van der Waals surface area contributed by atoms with E-state index in [0.29, 0.717) is 13.0 Å². The molecule has 1 atom stereocenters. The van der Waals surface area contributed by atoms with E-state index in [2.05, 4.69) is 25.2 Å². The van der Waals surface area contributed by atoms with Crippen LogP contribution in [0.2, 0.25) is 0 Å². The quantitative estimate of drug-likeness (QED) is 0.907. The number of fused-ring (bicyclic) bond motifs is 1. The fourth-order valence-corrected chi connectivity index (χ4v) is 2.92. The van der Waals surface area contributed by atoms with Crippen molar-refractivity contribution in [1.29, 1.82) is 0 Å². The van der Waals surface area contributed by atoms with Crippen LogP contribution in [0.1, 0.15) is 50.3 Å². The Morgan fingerprint density at radius 1 is 1.36 bits per heavy atom. The first kappa shape index (κ1) is 14.7. The maximum Gasteiger partial charge on any atom is 0.245 e. The van der Waals surface area contributed by atoms with Gasteiger partial charge in [0.25, 0.3) is 0 Å². The number of carbonyl (C=O) groups is 1. The number of carbonyl (C=O) groups excluding carboxylic acids is 1. The first-order valence-corrected chi connectivity index (χ1v) is 7.97. The summed E-state index contributed by atoms with van der Waals surface area (Å²) in [4.78, 5) is 12.4. The van der Waals surface area contributed by atoms with Crippen LogP contribution in [0.25, 0.3) is 0 Å². The summed E-state index contributed by atoms with van der Waals surface area (Å²) in [6, 6.07) is 1.55. The predicted molar refractivity (Wildman–Crippen MR) is 81.0 cm³/mol. The summed E-state index contributed by atoms with van der Waals surface area (Å²) in [6.45, 7) is 3.35. The molecule has 0 saturated carbocycles. The van der Waals surface area contributed by atoms with Gasteiger partial charge in [0.1, 0.15) is 11.9 Å². The Labute approximate surface area is 129 Å². The minimum atomic E-state index is -0.276. The molecular formula is C15H22N6O. The molecular weight excluding hydrogens is 280 g/mol. The lowest BCUT2D eigenvalue weighted by atomic mass is 10.2. The Kier molecular flexibility index (Phi) is 4.50. The van der Waals surface area contributed by atoms with Crippen LogP contribution >= 0.6 is 0 Å². The summed E-state index contributed by atoms with van der Waals surface area (Å²) in [5, 5.41) is 15.6. The van der Waals surface area contributed by atoms with Gasteiger partial charge in [-0.3, -0.25) is 9.48 Å². The second-order valence-electron chi connectivity index (χ2n) is 5.62. The Hall–Kier alpha value is -2.18. The average molecular weight is 302 g/mol. The van der Waals surface area contributed by atoms with Crippen molar-refractivity contribution in [3.63, 3.8) is 0 Å². The van der Waals surface area contributed by atoms with Gasteiger partial charge in [-0.2, -0.15) is 5.10 Å². The van der Waals surface area contributed by atoms with Crippen LogP contribution in [0.3, 0.4) is 0 Å². The van der Waals surface area contributed by atoms with Crippen molar-refractivity contribution in [3.05, 3.63) is 30.1 Å². The van der Waals surface area contributed by atoms with E-state index < -0.39 is 0 Å². The third-order valence-corrected chi connectivity index (χ3v) is 4.14. The molecule has 3 heterocycles. The lowest BCUT2D eigenvalue weighted by Crippen LogP contribution is -2.33. The standard InChI is InChI=1S/C15H22N6O/c1-2-12(21-10-6-8-17-21)15(22)16-11-14-19-18-13-7-4-3-5-9-20(13)14/h6,8,10,12H,2-5,7,9,11H2,1H3,(H,16,22)/t12-/m0/s1. The zero-order valence-corrected chi connectivity index (χ0v) is 12.9. The summed E-state index contributed by atoms with van der Waals surface area (Å²) >= 11 is 0. The molecule has 0 aliphatic carbocycles. The van der Waals surface area contributed by atoms with Gasteiger partial charge in [0, 0.05) is 25.4 Å². The van der Waals surface area contributed by atoms with Gasteiger partial charge in [0.15, 0.2) is 5.82 Å². The number of hydrogen-bond acceptors (Lipinski definition) is 4. The Balaban J connectivity index is 1.65. The molecule has 0 unspecified atom stereocenters. The Morgan fingerprint density at radius 3 is 3.05 bits per heavy atom. The van der Waals surface area contributed by atoms with Crippen molar-refractivity contribution in [1.82, 2.24) is 29.9 Å². The molecule has 0 saturated heterocycles. The van der Waals surface area contributed by atoms with Gasteiger partial charge in [-0.05, 0) is 25.3 Å². The highest BCUT2D eigenvalue weighted by Gasteiger charge is 2.20.